The molecule has 4 aromatic rings. The number of hydrogen-bond donors (Lipinski definition) is 1. The molecule has 2 heterocycles. The number of amides is 2. The molecule has 0 atom stereocenters. The summed E-state index contributed by atoms with van der Waals surface area (Å²) in [6.45, 7) is 0. The van der Waals surface area contributed by atoms with Gasteiger partial charge in [0.2, 0.25) is 0 Å². The monoisotopic (exact) mass is 312 g/mol. The fourth-order valence-electron chi connectivity index (χ4n) is 3.46. The number of aromatic amines is 1. The Kier molecular flexibility index (Phi) is 2.48. The summed E-state index contributed by atoms with van der Waals surface area (Å²) in [5.41, 5.74) is 3.18. The fourth-order valence-corrected chi connectivity index (χ4v) is 3.46. The van der Waals surface area contributed by atoms with Gasteiger partial charge in [-0.15, -0.1) is 0 Å². The van der Waals surface area contributed by atoms with E-state index in [4.69, 9.17) is 0 Å². The minimum absolute atomic E-state index is 0.276. The predicted molar refractivity (Wildman–Crippen MR) is 93.4 cm³/mol. The number of para-hydroxylation sites is 2. The summed E-state index contributed by atoms with van der Waals surface area (Å²) in [5.74, 6) is -0.555. The highest BCUT2D eigenvalue weighted by atomic mass is 16.2. The average molecular weight is 312 g/mol. The molecule has 4 nitrogen and oxygen atoms in total. The number of fused-ring (bicyclic) bond motifs is 5. The van der Waals surface area contributed by atoms with Gasteiger partial charge in [0.1, 0.15) is 0 Å². The van der Waals surface area contributed by atoms with Crippen molar-refractivity contribution in [2.45, 2.75) is 0 Å². The molecule has 1 aliphatic heterocycles. The summed E-state index contributed by atoms with van der Waals surface area (Å²) in [4.78, 5) is 30.3. The van der Waals surface area contributed by atoms with Crippen LogP contribution in [-0.4, -0.2) is 16.8 Å². The molecule has 1 N–H and O–H groups in total. The molecule has 114 valence electrons. The summed E-state index contributed by atoms with van der Waals surface area (Å²) in [7, 11) is 0. The first-order chi connectivity index (χ1) is 11.8. The molecule has 0 fully saturated rings. The van der Waals surface area contributed by atoms with Gasteiger partial charge in [-0.2, -0.15) is 0 Å². The number of aromatic nitrogens is 1. The van der Waals surface area contributed by atoms with Crippen molar-refractivity contribution in [1.82, 2.24) is 4.98 Å². The van der Waals surface area contributed by atoms with E-state index in [0.29, 0.717) is 16.8 Å². The van der Waals surface area contributed by atoms with E-state index >= 15 is 0 Å². The Labute approximate surface area is 137 Å². The zero-order valence-corrected chi connectivity index (χ0v) is 12.6. The van der Waals surface area contributed by atoms with Gasteiger partial charge in [0.25, 0.3) is 11.8 Å². The fraction of sp³-hybridized carbons (Fsp3) is 0. The van der Waals surface area contributed by atoms with E-state index < -0.39 is 0 Å². The third-order valence-corrected chi connectivity index (χ3v) is 4.55. The number of nitrogens with zero attached hydrogens (tertiary/aromatic N) is 1. The molecule has 1 aromatic heterocycles. The third kappa shape index (κ3) is 1.57. The minimum atomic E-state index is -0.279. The Morgan fingerprint density at radius 1 is 0.708 bits per heavy atom. The Morgan fingerprint density at radius 3 is 2.29 bits per heavy atom. The first kappa shape index (κ1) is 13.1. The molecule has 1 aliphatic rings. The molecule has 24 heavy (non-hydrogen) atoms. The van der Waals surface area contributed by atoms with Gasteiger partial charge in [-0.1, -0.05) is 42.5 Å². The zero-order chi connectivity index (χ0) is 16.3. The highest BCUT2D eigenvalue weighted by molar-refractivity contribution is 6.38. The SMILES string of the molecule is O=C1c2ccc3c([nH]c4ccccc43)c2C(=O)N1c1ccccc1. The molecule has 0 aliphatic carbocycles. The largest absolute Gasteiger partial charge is 0.354 e. The lowest BCUT2D eigenvalue weighted by Gasteiger charge is -2.13. The minimum Gasteiger partial charge on any atom is -0.354 e. The summed E-state index contributed by atoms with van der Waals surface area (Å²) in [5, 5.41) is 2.01. The van der Waals surface area contributed by atoms with Gasteiger partial charge in [-0.05, 0) is 24.3 Å². The normalized spacial score (nSPS) is 13.9. The molecular weight excluding hydrogens is 300 g/mol. The van der Waals surface area contributed by atoms with Crippen LogP contribution in [0.15, 0.2) is 66.7 Å². The van der Waals surface area contributed by atoms with Crippen LogP contribution < -0.4 is 4.90 Å². The Bertz CT molecular complexity index is 1140. The lowest BCUT2D eigenvalue weighted by Crippen LogP contribution is -2.29. The van der Waals surface area contributed by atoms with Crippen molar-refractivity contribution in [3.8, 4) is 0 Å². The highest BCUT2D eigenvalue weighted by Gasteiger charge is 2.38. The summed E-state index contributed by atoms with van der Waals surface area (Å²) >= 11 is 0. The quantitative estimate of drug-likeness (QED) is 0.537. The highest BCUT2D eigenvalue weighted by Crippen LogP contribution is 2.35. The Morgan fingerprint density at radius 2 is 1.46 bits per heavy atom. The van der Waals surface area contributed by atoms with Crippen LogP contribution in [-0.2, 0) is 0 Å². The van der Waals surface area contributed by atoms with E-state index in [0.717, 1.165) is 21.8 Å². The predicted octanol–water partition coefficient (Wildman–Crippen LogP) is 4.12. The van der Waals surface area contributed by atoms with Crippen LogP contribution in [0.4, 0.5) is 5.69 Å². The number of carbonyl (C=O) groups excluding carboxylic acids is 2. The molecule has 0 saturated heterocycles. The van der Waals surface area contributed by atoms with Crippen LogP contribution in [0, 0.1) is 0 Å². The number of nitrogens with one attached hydrogen (secondary N) is 1. The van der Waals surface area contributed by atoms with Crippen LogP contribution >= 0.6 is 0 Å². The van der Waals surface area contributed by atoms with Gasteiger partial charge >= 0.3 is 0 Å². The van der Waals surface area contributed by atoms with E-state index in [1.54, 1.807) is 18.2 Å². The molecule has 0 radical (unpaired) electrons. The number of hydrogen-bond acceptors (Lipinski definition) is 2. The maximum Gasteiger partial charge on any atom is 0.268 e. The molecular formula is C20H12N2O2. The summed E-state index contributed by atoms with van der Waals surface area (Å²) in [6, 6.07) is 20.6. The molecule has 0 unspecified atom stereocenters. The van der Waals surface area contributed by atoms with E-state index in [1.165, 1.54) is 4.90 Å². The van der Waals surface area contributed by atoms with Crippen molar-refractivity contribution >= 4 is 39.3 Å². The van der Waals surface area contributed by atoms with Crippen LogP contribution in [0.5, 0.6) is 0 Å². The Hall–Kier alpha value is -3.40. The molecule has 0 spiro atoms. The van der Waals surface area contributed by atoms with Gasteiger partial charge in [0.05, 0.1) is 22.3 Å². The molecule has 5 rings (SSSR count). The van der Waals surface area contributed by atoms with Crippen LogP contribution in [0.2, 0.25) is 0 Å². The molecule has 2 amide bonds. The lowest BCUT2D eigenvalue weighted by molar-refractivity contribution is 0.0926. The number of imide groups is 1. The van der Waals surface area contributed by atoms with Crippen molar-refractivity contribution in [3.63, 3.8) is 0 Å². The number of rotatable bonds is 1. The second-order valence-corrected chi connectivity index (χ2v) is 5.86. The van der Waals surface area contributed by atoms with E-state index in [1.807, 2.05) is 48.5 Å². The van der Waals surface area contributed by atoms with E-state index in [9.17, 15) is 9.59 Å². The molecule has 0 bridgehead atoms. The van der Waals surface area contributed by atoms with Crippen molar-refractivity contribution in [2.24, 2.45) is 0 Å². The van der Waals surface area contributed by atoms with Gasteiger partial charge in [-0.3, -0.25) is 9.59 Å². The van der Waals surface area contributed by atoms with Crippen molar-refractivity contribution in [1.29, 1.82) is 0 Å². The van der Waals surface area contributed by atoms with Gasteiger partial charge < -0.3 is 4.98 Å². The average Bonchev–Trinajstić information content (AvgIpc) is 3.11. The first-order valence-corrected chi connectivity index (χ1v) is 7.73. The molecule has 0 saturated carbocycles. The Balaban J connectivity index is 1.80. The first-order valence-electron chi connectivity index (χ1n) is 7.73. The maximum atomic E-state index is 13.0. The van der Waals surface area contributed by atoms with Gasteiger partial charge in [0.15, 0.2) is 0 Å². The van der Waals surface area contributed by atoms with Crippen molar-refractivity contribution in [2.75, 3.05) is 4.90 Å². The van der Waals surface area contributed by atoms with E-state index in [2.05, 4.69) is 4.98 Å². The summed E-state index contributed by atoms with van der Waals surface area (Å²) < 4.78 is 0. The third-order valence-electron chi connectivity index (χ3n) is 4.55. The van der Waals surface area contributed by atoms with Crippen molar-refractivity contribution in [3.05, 3.63) is 77.9 Å². The number of anilines is 1. The molecule has 4 heteroatoms. The van der Waals surface area contributed by atoms with E-state index in [-0.39, 0.29) is 11.8 Å². The van der Waals surface area contributed by atoms with Crippen LogP contribution in [0.1, 0.15) is 20.7 Å². The van der Waals surface area contributed by atoms with Crippen molar-refractivity contribution < 1.29 is 9.59 Å². The summed E-state index contributed by atoms with van der Waals surface area (Å²) in [6.07, 6.45) is 0. The number of carbonyl (C=O) groups is 2. The van der Waals surface area contributed by atoms with Crippen LogP contribution in [0.3, 0.4) is 0 Å². The van der Waals surface area contributed by atoms with Gasteiger partial charge in [-0.25, -0.2) is 4.90 Å². The number of H-pyrrole nitrogens is 1. The number of benzene rings is 3. The van der Waals surface area contributed by atoms with Crippen LogP contribution in [0.25, 0.3) is 21.8 Å². The van der Waals surface area contributed by atoms with Gasteiger partial charge in [0, 0.05) is 16.3 Å². The maximum absolute atomic E-state index is 13.0. The second-order valence-electron chi connectivity index (χ2n) is 5.86. The zero-order valence-electron chi connectivity index (χ0n) is 12.6. The molecule has 3 aromatic carbocycles. The standard InChI is InChI=1S/C20H12N2O2/c23-19-15-11-10-14-13-8-4-5-9-16(13)21-18(14)17(15)20(24)22(19)12-6-2-1-3-7-12/h1-11,21H. The second kappa shape index (κ2) is 4.55. The lowest BCUT2D eigenvalue weighted by atomic mass is 10.0. The smallest absolute Gasteiger partial charge is 0.268 e. The topological polar surface area (TPSA) is 53.2 Å².